The summed E-state index contributed by atoms with van der Waals surface area (Å²) in [5, 5.41) is 3.53. The van der Waals surface area contributed by atoms with E-state index in [-0.39, 0.29) is 11.3 Å². The quantitative estimate of drug-likeness (QED) is 0.809. The monoisotopic (exact) mass is 355 g/mol. The molecule has 2 aromatic rings. The molecule has 0 aliphatic carbocycles. The number of anilines is 1. The molecule has 4 nitrogen and oxygen atoms in total. The number of ether oxygens (including phenoxy) is 3. The third-order valence-electron chi connectivity index (χ3n) is 4.90. The molecular weight excluding hydrogens is 333 g/mol. The maximum Gasteiger partial charge on any atom is 0.227 e. The molecule has 0 bridgehead atoms. The van der Waals surface area contributed by atoms with E-state index < -0.39 is 12.1 Å². The standard InChI is InChI=1S/C21H22FNO3/c1-11-10-21(2,3)23-14-8-6-12-17-15(9-7-13(22)19(17)24-4)26-20(25-5)18(12)16(11)14/h6-10,20,23H,1-5H3. The first-order chi connectivity index (χ1) is 12.4. The zero-order chi connectivity index (χ0) is 18.6. The molecule has 136 valence electrons. The van der Waals surface area contributed by atoms with Crippen LogP contribution in [0.2, 0.25) is 0 Å². The van der Waals surface area contributed by atoms with E-state index in [1.165, 1.54) is 13.2 Å². The van der Waals surface area contributed by atoms with Gasteiger partial charge < -0.3 is 19.5 Å². The summed E-state index contributed by atoms with van der Waals surface area (Å²) in [6.07, 6.45) is 1.61. The van der Waals surface area contributed by atoms with Gasteiger partial charge in [-0.3, -0.25) is 0 Å². The zero-order valence-electron chi connectivity index (χ0n) is 15.6. The first-order valence-electron chi connectivity index (χ1n) is 8.57. The molecule has 1 unspecified atom stereocenters. The fraction of sp³-hybridized carbons (Fsp3) is 0.333. The van der Waals surface area contributed by atoms with Crippen molar-refractivity contribution in [2.45, 2.75) is 32.6 Å². The van der Waals surface area contributed by atoms with Gasteiger partial charge in [0.2, 0.25) is 6.29 Å². The van der Waals surface area contributed by atoms with Crippen molar-refractivity contribution in [2.24, 2.45) is 0 Å². The molecule has 0 radical (unpaired) electrons. The highest BCUT2D eigenvalue weighted by atomic mass is 19.1. The minimum Gasteiger partial charge on any atom is -0.493 e. The Hall–Kier alpha value is -2.53. The van der Waals surface area contributed by atoms with Gasteiger partial charge in [-0.1, -0.05) is 12.1 Å². The highest BCUT2D eigenvalue weighted by molar-refractivity contribution is 5.91. The summed E-state index contributed by atoms with van der Waals surface area (Å²) in [4.78, 5) is 0. The Bertz CT molecular complexity index is 933. The van der Waals surface area contributed by atoms with Gasteiger partial charge in [-0.2, -0.15) is 0 Å². The number of fused-ring (bicyclic) bond motifs is 5. The van der Waals surface area contributed by atoms with Gasteiger partial charge in [0, 0.05) is 23.9 Å². The van der Waals surface area contributed by atoms with E-state index in [9.17, 15) is 4.39 Å². The third-order valence-corrected chi connectivity index (χ3v) is 4.90. The summed E-state index contributed by atoms with van der Waals surface area (Å²) < 4.78 is 31.4. The van der Waals surface area contributed by atoms with E-state index in [1.54, 1.807) is 13.2 Å². The first-order valence-corrected chi connectivity index (χ1v) is 8.57. The first kappa shape index (κ1) is 16.9. The lowest BCUT2D eigenvalue weighted by Gasteiger charge is -2.36. The van der Waals surface area contributed by atoms with Crippen LogP contribution < -0.4 is 14.8 Å². The van der Waals surface area contributed by atoms with Gasteiger partial charge in [-0.15, -0.1) is 0 Å². The Morgan fingerprint density at radius 3 is 2.58 bits per heavy atom. The third kappa shape index (κ3) is 2.38. The largest absolute Gasteiger partial charge is 0.493 e. The Morgan fingerprint density at radius 2 is 1.88 bits per heavy atom. The van der Waals surface area contributed by atoms with Crippen molar-refractivity contribution in [3.63, 3.8) is 0 Å². The van der Waals surface area contributed by atoms with Gasteiger partial charge in [0.1, 0.15) is 5.75 Å². The topological polar surface area (TPSA) is 39.7 Å². The molecule has 1 N–H and O–H groups in total. The van der Waals surface area contributed by atoms with Crippen LogP contribution in [-0.2, 0) is 4.74 Å². The highest BCUT2D eigenvalue weighted by Crippen LogP contribution is 2.52. The number of hydrogen-bond donors (Lipinski definition) is 1. The van der Waals surface area contributed by atoms with Crippen LogP contribution in [-0.4, -0.2) is 19.8 Å². The molecule has 1 atom stereocenters. The van der Waals surface area contributed by atoms with E-state index in [0.29, 0.717) is 11.3 Å². The van der Waals surface area contributed by atoms with Crippen LogP contribution in [0.1, 0.15) is 38.2 Å². The number of allylic oxidation sites excluding steroid dienone is 1. The van der Waals surface area contributed by atoms with Crippen LogP contribution in [0, 0.1) is 5.82 Å². The molecule has 2 aromatic carbocycles. The molecule has 0 aromatic heterocycles. The van der Waals surface area contributed by atoms with Crippen molar-refractivity contribution in [2.75, 3.05) is 19.5 Å². The fourth-order valence-electron chi connectivity index (χ4n) is 4.04. The Balaban J connectivity index is 2.05. The van der Waals surface area contributed by atoms with E-state index in [4.69, 9.17) is 14.2 Å². The van der Waals surface area contributed by atoms with E-state index >= 15 is 0 Å². The molecule has 26 heavy (non-hydrogen) atoms. The van der Waals surface area contributed by atoms with Gasteiger partial charge in [0.05, 0.1) is 18.2 Å². The van der Waals surface area contributed by atoms with Crippen molar-refractivity contribution < 1.29 is 18.6 Å². The smallest absolute Gasteiger partial charge is 0.227 e. The lowest BCUT2D eigenvalue weighted by molar-refractivity contribution is -0.0581. The van der Waals surface area contributed by atoms with E-state index in [1.807, 2.05) is 12.1 Å². The number of hydrogen-bond acceptors (Lipinski definition) is 4. The summed E-state index contributed by atoms with van der Waals surface area (Å²) >= 11 is 0. The van der Waals surface area contributed by atoms with Gasteiger partial charge in [-0.05, 0) is 50.1 Å². The zero-order valence-corrected chi connectivity index (χ0v) is 15.6. The van der Waals surface area contributed by atoms with E-state index in [0.717, 1.165) is 28.0 Å². The normalized spacial score (nSPS) is 19.3. The lowest BCUT2D eigenvalue weighted by Crippen LogP contribution is -2.32. The van der Waals surface area contributed by atoms with Crippen molar-refractivity contribution in [1.29, 1.82) is 0 Å². The van der Waals surface area contributed by atoms with Crippen LogP contribution in [0.3, 0.4) is 0 Å². The number of rotatable bonds is 2. The molecule has 2 aliphatic heterocycles. The highest BCUT2D eigenvalue weighted by Gasteiger charge is 2.35. The molecule has 0 amide bonds. The summed E-state index contributed by atoms with van der Waals surface area (Å²) in [5.74, 6) is 0.318. The second-order valence-electron chi connectivity index (χ2n) is 7.26. The van der Waals surface area contributed by atoms with Crippen LogP contribution in [0.15, 0.2) is 30.3 Å². The SMILES string of the molecule is COc1c(F)ccc2c1-c1ccc3c(c1C(OC)O2)C(C)=CC(C)(C)N3. The molecule has 2 heterocycles. The summed E-state index contributed by atoms with van der Waals surface area (Å²) in [6.45, 7) is 6.32. The average molecular weight is 355 g/mol. The predicted molar refractivity (Wildman–Crippen MR) is 100 cm³/mol. The number of benzene rings is 2. The average Bonchev–Trinajstić information content (AvgIpc) is 2.59. The van der Waals surface area contributed by atoms with Gasteiger partial charge in [-0.25, -0.2) is 4.39 Å². The maximum absolute atomic E-state index is 14.3. The van der Waals surface area contributed by atoms with Gasteiger partial charge in [0.15, 0.2) is 11.6 Å². The molecule has 2 aliphatic rings. The molecule has 0 saturated heterocycles. The molecule has 0 fully saturated rings. The molecule has 0 saturated carbocycles. The second kappa shape index (κ2) is 5.74. The Labute approximate surface area is 152 Å². The van der Waals surface area contributed by atoms with Gasteiger partial charge >= 0.3 is 0 Å². The lowest BCUT2D eigenvalue weighted by atomic mass is 9.83. The maximum atomic E-state index is 14.3. The minimum absolute atomic E-state index is 0.148. The van der Waals surface area contributed by atoms with Crippen molar-refractivity contribution in [1.82, 2.24) is 0 Å². The molecular formula is C21H22FNO3. The Kier molecular flexibility index (Phi) is 3.74. The predicted octanol–water partition coefficient (Wildman–Crippen LogP) is 5.15. The fourth-order valence-corrected chi connectivity index (χ4v) is 4.04. The van der Waals surface area contributed by atoms with E-state index in [2.05, 4.69) is 32.2 Å². The van der Waals surface area contributed by atoms with Crippen LogP contribution in [0.25, 0.3) is 16.7 Å². The molecule has 0 spiro atoms. The van der Waals surface area contributed by atoms with Crippen molar-refractivity contribution in [3.05, 3.63) is 47.3 Å². The van der Waals surface area contributed by atoms with Crippen molar-refractivity contribution >= 4 is 11.3 Å². The number of methoxy groups -OCH3 is 2. The number of nitrogens with one attached hydrogen (secondary N) is 1. The molecule has 5 heteroatoms. The summed E-state index contributed by atoms with van der Waals surface area (Å²) in [5.41, 5.74) is 5.40. The van der Waals surface area contributed by atoms with Crippen LogP contribution in [0.5, 0.6) is 11.5 Å². The molecule has 4 rings (SSSR count). The number of halogens is 1. The van der Waals surface area contributed by atoms with Crippen LogP contribution in [0.4, 0.5) is 10.1 Å². The van der Waals surface area contributed by atoms with Crippen molar-refractivity contribution in [3.8, 4) is 22.6 Å². The van der Waals surface area contributed by atoms with Crippen LogP contribution >= 0.6 is 0 Å². The minimum atomic E-state index is -0.575. The second-order valence-corrected chi connectivity index (χ2v) is 7.26. The summed E-state index contributed by atoms with van der Waals surface area (Å²) in [7, 11) is 3.08. The Morgan fingerprint density at radius 1 is 1.12 bits per heavy atom. The van der Waals surface area contributed by atoms with Gasteiger partial charge in [0.25, 0.3) is 0 Å². The summed E-state index contributed by atoms with van der Waals surface area (Å²) in [6, 6.07) is 6.97.